The van der Waals surface area contributed by atoms with Gasteiger partial charge in [0, 0.05) is 23.0 Å². The molecule has 1 aromatic heterocycles. The van der Waals surface area contributed by atoms with Gasteiger partial charge in [0.15, 0.2) is 0 Å². The van der Waals surface area contributed by atoms with Crippen molar-refractivity contribution in [3.63, 3.8) is 0 Å². The van der Waals surface area contributed by atoms with E-state index in [2.05, 4.69) is 31.0 Å². The minimum atomic E-state index is -0.150. The van der Waals surface area contributed by atoms with Gasteiger partial charge in [-0.15, -0.1) is 0 Å². The molecule has 2 heteroatoms. The van der Waals surface area contributed by atoms with E-state index in [-0.39, 0.29) is 5.82 Å². The fourth-order valence-electron chi connectivity index (χ4n) is 2.88. The van der Waals surface area contributed by atoms with Crippen molar-refractivity contribution >= 4 is 0 Å². The molecule has 0 radical (unpaired) electrons. The standard InChI is InChI=1S/C22H22FN/c1-3-5-16-6-13-21(22(23)14-16)18-9-7-17(8-10-18)19-11-12-20(4-2)24-15-19/h6-15H,3-5H2,1-2H3. The van der Waals surface area contributed by atoms with Crippen LogP contribution in [0.2, 0.25) is 0 Å². The first-order chi connectivity index (χ1) is 11.7. The lowest BCUT2D eigenvalue weighted by atomic mass is 9.99. The summed E-state index contributed by atoms with van der Waals surface area (Å²) in [7, 11) is 0. The van der Waals surface area contributed by atoms with Gasteiger partial charge in [-0.25, -0.2) is 4.39 Å². The SMILES string of the molecule is CCCc1ccc(-c2ccc(-c3ccc(CC)nc3)cc2)c(F)c1. The summed E-state index contributed by atoms with van der Waals surface area (Å²) < 4.78 is 14.4. The number of benzene rings is 2. The predicted molar refractivity (Wildman–Crippen MR) is 98.4 cm³/mol. The van der Waals surface area contributed by atoms with E-state index in [9.17, 15) is 4.39 Å². The van der Waals surface area contributed by atoms with Crippen LogP contribution in [0.25, 0.3) is 22.3 Å². The number of aromatic nitrogens is 1. The third-order valence-electron chi connectivity index (χ3n) is 4.29. The second-order valence-corrected chi connectivity index (χ2v) is 6.03. The van der Waals surface area contributed by atoms with Crippen molar-refractivity contribution in [1.29, 1.82) is 0 Å². The molecule has 122 valence electrons. The van der Waals surface area contributed by atoms with Gasteiger partial charge in [0.1, 0.15) is 5.82 Å². The Morgan fingerprint density at radius 2 is 1.54 bits per heavy atom. The Hall–Kier alpha value is -2.48. The molecule has 0 saturated carbocycles. The van der Waals surface area contributed by atoms with Crippen LogP contribution in [-0.2, 0) is 12.8 Å². The molecule has 0 amide bonds. The largest absolute Gasteiger partial charge is 0.261 e. The summed E-state index contributed by atoms with van der Waals surface area (Å²) in [5, 5.41) is 0. The van der Waals surface area contributed by atoms with E-state index >= 15 is 0 Å². The summed E-state index contributed by atoms with van der Waals surface area (Å²) >= 11 is 0. The molecule has 0 aliphatic rings. The maximum absolute atomic E-state index is 14.4. The number of nitrogens with zero attached hydrogens (tertiary/aromatic N) is 1. The average Bonchev–Trinajstić information content (AvgIpc) is 2.62. The molecular weight excluding hydrogens is 297 g/mol. The summed E-state index contributed by atoms with van der Waals surface area (Å²) in [4.78, 5) is 4.44. The van der Waals surface area contributed by atoms with Gasteiger partial charge in [0.05, 0.1) is 0 Å². The highest BCUT2D eigenvalue weighted by Gasteiger charge is 2.07. The van der Waals surface area contributed by atoms with Gasteiger partial charge in [0.25, 0.3) is 0 Å². The lowest BCUT2D eigenvalue weighted by Crippen LogP contribution is -1.90. The number of aryl methyl sites for hydroxylation is 2. The highest BCUT2D eigenvalue weighted by molar-refractivity contribution is 5.70. The number of rotatable bonds is 5. The fourth-order valence-corrected chi connectivity index (χ4v) is 2.88. The van der Waals surface area contributed by atoms with Crippen molar-refractivity contribution in [2.24, 2.45) is 0 Å². The van der Waals surface area contributed by atoms with Crippen molar-refractivity contribution in [3.05, 3.63) is 77.9 Å². The topological polar surface area (TPSA) is 12.9 Å². The second-order valence-electron chi connectivity index (χ2n) is 6.03. The Morgan fingerprint density at radius 1 is 0.833 bits per heavy atom. The third-order valence-corrected chi connectivity index (χ3v) is 4.29. The van der Waals surface area contributed by atoms with Crippen LogP contribution in [0.5, 0.6) is 0 Å². The van der Waals surface area contributed by atoms with Crippen LogP contribution in [0.15, 0.2) is 60.8 Å². The number of pyridine rings is 1. The molecule has 0 atom stereocenters. The third kappa shape index (κ3) is 3.53. The predicted octanol–water partition coefficient (Wildman–Crippen LogP) is 6.07. The molecule has 0 bridgehead atoms. The van der Waals surface area contributed by atoms with Crippen LogP contribution >= 0.6 is 0 Å². The Labute approximate surface area is 143 Å². The van der Waals surface area contributed by atoms with Gasteiger partial charge < -0.3 is 0 Å². The molecule has 0 aliphatic heterocycles. The molecule has 0 aliphatic carbocycles. The number of halogens is 1. The number of hydrogen-bond donors (Lipinski definition) is 0. The van der Waals surface area contributed by atoms with Crippen LogP contribution in [0.4, 0.5) is 4.39 Å². The van der Waals surface area contributed by atoms with E-state index in [0.29, 0.717) is 5.56 Å². The quantitative estimate of drug-likeness (QED) is 0.556. The van der Waals surface area contributed by atoms with E-state index in [1.54, 1.807) is 6.07 Å². The zero-order chi connectivity index (χ0) is 16.9. The molecule has 24 heavy (non-hydrogen) atoms. The molecule has 0 saturated heterocycles. The first kappa shape index (κ1) is 16.4. The summed E-state index contributed by atoms with van der Waals surface area (Å²) in [6.07, 6.45) is 4.77. The minimum absolute atomic E-state index is 0.150. The lowest BCUT2D eigenvalue weighted by molar-refractivity contribution is 0.628. The molecule has 3 aromatic rings. The van der Waals surface area contributed by atoms with Gasteiger partial charge in [0.2, 0.25) is 0 Å². The lowest BCUT2D eigenvalue weighted by Gasteiger charge is -2.08. The zero-order valence-corrected chi connectivity index (χ0v) is 14.2. The van der Waals surface area contributed by atoms with Gasteiger partial charge in [-0.2, -0.15) is 0 Å². The van der Waals surface area contributed by atoms with Gasteiger partial charge in [-0.3, -0.25) is 4.98 Å². The minimum Gasteiger partial charge on any atom is -0.261 e. The molecule has 1 nitrogen and oxygen atoms in total. The summed E-state index contributed by atoms with van der Waals surface area (Å²) in [6, 6.07) is 17.7. The maximum atomic E-state index is 14.4. The molecular formula is C22H22FN. The van der Waals surface area contributed by atoms with E-state index in [4.69, 9.17) is 0 Å². The maximum Gasteiger partial charge on any atom is 0.131 e. The van der Waals surface area contributed by atoms with Crippen LogP contribution in [0.1, 0.15) is 31.5 Å². The van der Waals surface area contributed by atoms with Gasteiger partial charge in [-0.05, 0) is 41.7 Å². The van der Waals surface area contributed by atoms with Crippen molar-refractivity contribution in [2.45, 2.75) is 33.1 Å². The normalized spacial score (nSPS) is 10.8. The molecule has 0 spiro atoms. The molecule has 0 unspecified atom stereocenters. The summed E-state index contributed by atoms with van der Waals surface area (Å²) in [5.41, 5.74) is 5.87. The highest BCUT2D eigenvalue weighted by Crippen LogP contribution is 2.27. The van der Waals surface area contributed by atoms with Crippen LogP contribution in [-0.4, -0.2) is 4.98 Å². The smallest absolute Gasteiger partial charge is 0.131 e. The van der Waals surface area contributed by atoms with E-state index < -0.39 is 0 Å². The molecule has 2 aromatic carbocycles. The van der Waals surface area contributed by atoms with Gasteiger partial charge in [-0.1, -0.05) is 62.7 Å². The molecule has 0 fully saturated rings. The first-order valence-electron chi connectivity index (χ1n) is 8.55. The fraction of sp³-hybridized carbons (Fsp3) is 0.227. The van der Waals surface area contributed by atoms with Crippen LogP contribution in [0, 0.1) is 5.82 Å². The summed E-state index contributed by atoms with van der Waals surface area (Å²) in [6.45, 7) is 4.20. The Kier molecular flexibility index (Phi) is 5.05. The zero-order valence-electron chi connectivity index (χ0n) is 14.2. The van der Waals surface area contributed by atoms with Crippen molar-refractivity contribution in [2.75, 3.05) is 0 Å². The van der Waals surface area contributed by atoms with Gasteiger partial charge >= 0.3 is 0 Å². The van der Waals surface area contributed by atoms with Crippen LogP contribution in [0.3, 0.4) is 0 Å². The first-order valence-corrected chi connectivity index (χ1v) is 8.55. The second kappa shape index (κ2) is 7.39. The number of hydrogen-bond acceptors (Lipinski definition) is 1. The van der Waals surface area contributed by atoms with Crippen LogP contribution < -0.4 is 0 Å². The molecule has 0 N–H and O–H groups in total. The molecule has 3 rings (SSSR count). The monoisotopic (exact) mass is 319 g/mol. The highest BCUT2D eigenvalue weighted by atomic mass is 19.1. The van der Waals surface area contributed by atoms with E-state index in [0.717, 1.165) is 47.2 Å². The Morgan fingerprint density at radius 3 is 2.12 bits per heavy atom. The van der Waals surface area contributed by atoms with E-state index in [1.165, 1.54) is 0 Å². The Balaban J connectivity index is 1.86. The average molecular weight is 319 g/mol. The van der Waals surface area contributed by atoms with Crippen molar-refractivity contribution in [3.8, 4) is 22.3 Å². The molecule has 1 heterocycles. The van der Waals surface area contributed by atoms with Crippen molar-refractivity contribution in [1.82, 2.24) is 4.98 Å². The van der Waals surface area contributed by atoms with E-state index in [1.807, 2.05) is 42.6 Å². The summed E-state index contributed by atoms with van der Waals surface area (Å²) in [5.74, 6) is -0.150. The Bertz CT molecular complexity index is 804. The van der Waals surface area contributed by atoms with Crippen molar-refractivity contribution < 1.29 is 4.39 Å².